The van der Waals surface area contributed by atoms with E-state index in [2.05, 4.69) is 60.8 Å². The molecule has 0 atom stereocenters. The summed E-state index contributed by atoms with van der Waals surface area (Å²) in [6.07, 6.45) is 4.11. The molecule has 0 spiro atoms. The zero-order valence-electron chi connectivity index (χ0n) is 16.8. The van der Waals surface area contributed by atoms with Crippen LogP contribution in [0, 0.1) is 0 Å². The summed E-state index contributed by atoms with van der Waals surface area (Å²) in [4.78, 5) is 8.67. The average Bonchev–Trinajstić information content (AvgIpc) is 3.50. The third kappa shape index (κ3) is 6.82. The number of aromatic nitrogens is 1. The number of halogens is 2. The van der Waals surface area contributed by atoms with Crippen molar-refractivity contribution in [2.75, 3.05) is 33.9 Å². The van der Waals surface area contributed by atoms with Gasteiger partial charge >= 0.3 is 0 Å². The molecule has 1 aromatic heterocycles. The second-order valence-electron chi connectivity index (χ2n) is 6.88. The van der Waals surface area contributed by atoms with E-state index in [-0.39, 0.29) is 29.4 Å². The van der Waals surface area contributed by atoms with Crippen LogP contribution in [-0.4, -0.2) is 44.9 Å². The molecule has 1 saturated carbocycles. The summed E-state index contributed by atoms with van der Waals surface area (Å²) in [7, 11) is 3.44. The number of methoxy groups -OCH3 is 1. The van der Waals surface area contributed by atoms with Crippen LogP contribution in [0.25, 0.3) is 0 Å². The van der Waals surface area contributed by atoms with Gasteiger partial charge in [-0.15, -0.1) is 24.0 Å². The number of rotatable bonds is 9. The van der Waals surface area contributed by atoms with Gasteiger partial charge in [-0.1, -0.05) is 34.1 Å². The third-order valence-electron chi connectivity index (χ3n) is 4.93. The number of pyridine rings is 1. The van der Waals surface area contributed by atoms with Crippen molar-refractivity contribution in [3.63, 3.8) is 0 Å². The van der Waals surface area contributed by atoms with Crippen molar-refractivity contribution in [1.29, 1.82) is 0 Å². The summed E-state index contributed by atoms with van der Waals surface area (Å²) in [5.41, 5.74) is 2.55. The predicted molar refractivity (Wildman–Crippen MR) is 130 cm³/mol. The number of hydrogen-bond donors (Lipinski definition) is 2. The first-order chi connectivity index (χ1) is 13.7. The smallest absolute Gasteiger partial charge is 0.218 e. The van der Waals surface area contributed by atoms with Gasteiger partial charge in [0.2, 0.25) is 5.88 Å². The third-order valence-corrected chi connectivity index (χ3v) is 5.42. The highest BCUT2D eigenvalue weighted by Crippen LogP contribution is 2.48. The van der Waals surface area contributed by atoms with Gasteiger partial charge in [-0.3, -0.25) is 4.99 Å². The van der Waals surface area contributed by atoms with Crippen LogP contribution in [0.2, 0.25) is 0 Å². The van der Waals surface area contributed by atoms with Crippen LogP contribution in [-0.2, 0) is 16.7 Å². The molecule has 1 heterocycles. The second-order valence-corrected chi connectivity index (χ2v) is 7.79. The molecule has 1 aliphatic rings. The topological polar surface area (TPSA) is 67.8 Å². The maximum Gasteiger partial charge on any atom is 0.218 e. The number of guanidine groups is 1. The Bertz CT molecular complexity index is 815. The molecule has 8 heteroatoms. The molecule has 6 nitrogen and oxygen atoms in total. The highest BCUT2D eigenvalue weighted by molar-refractivity contribution is 14.0. The minimum atomic E-state index is 0. The fourth-order valence-electron chi connectivity index (χ4n) is 3.10. The van der Waals surface area contributed by atoms with Crippen molar-refractivity contribution < 1.29 is 9.47 Å². The molecule has 29 heavy (non-hydrogen) atoms. The van der Waals surface area contributed by atoms with Crippen molar-refractivity contribution in [3.8, 4) is 5.88 Å². The van der Waals surface area contributed by atoms with Crippen molar-refractivity contribution in [2.24, 2.45) is 4.99 Å². The van der Waals surface area contributed by atoms with Crippen LogP contribution in [0.3, 0.4) is 0 Å². The molecular formula is C21H28BrIN4O2. The van der Waals surface area contributed by atoms with E-state index in [1.54, 1.807) is 20.4 Å². The Morgan fingerprint density at radius 2 is 2.03 bits per heavy atom. The van der Waals surface area contributed by atoms with Crippen LogP contribution in [0.15, 0.2) is 52.1 Å². The molecule has 158 valence electrons. The Kier molecular flexibility index (Phi) is 9.64. The number of nitrogens with zero attached hydrogens (tertiary/aromatic N) is 2. The van der Waals surface area contributed by atoms with Gasteiger partial charge in [-0.25, -0.2) is 4.98 Å². The van der Waals surface area contributed by atoms with Crippen molar-refractivity contribution in [1.82, 2.24) is 15.6 Å². The molecule has 0 aliphatic heterocycles. The zero-order chi connectivity index (χ0) is 19.8. The lowest BCUT2D eigenvalue weighted by atomic mass is 9.96. The van der Waals surface area contributed by atoms with Crippen molar-refractivity contribution >= 4 is 45.9 Å². The molecule has 0 radical (unpaired) electrons. The largest absolute Gasteiger partial charge is 0.475 e. The normalized spacial score (nSPS) is 14.7. The molecule has 1 aromatic carbocycles. The molecule has 0 saturated heterocycles. The quantitative estimate of drug-likeness (QED) is 0.206. The number of hydrogen-bond acceptors (Lipinski definition) is 4. The minimum Gasteiger partial charge on any atom is -0.475 e. The standard InChI is InChI=1S/C21H27BrN4O2.HI/c1-23-20(25-14-16-5-4-10-24-19(16)28-12-11-27-2)26-15-21(8-9-21)17-6-3-7-18(22)13-17;/h3-7,10,13H,8-9,11-12,14-15H2,1-2H3,(H2,23,25,26);1H. The van der Waals surface area contributed by atoms with Crippen LogP contribution >= 0.6 is 39.9 Å². The van der Waals surface area contributed by atoms with E-state index in [1.807, 2.05) is 12.1 Å². The Balaban J connectivity index is 0.00000300. The van der Waals surface area contributed by atoms with E-state index in [9.17, 15) is 0 Å². The average molecular weight is 575 g/mol. The van der Waals surface area contributed by atoms with E-state index < -0.39 is 0 Å². The Morgan fingerprint density at radius 3 is 2.72 bits per heavy atom. The van der Waals surface area contributed by atoms with Gasteiger partial charge in [0.05, 0.1) is 6.61 Å². The molecule has 0 unspecified atom stereocenters. The molecule has 0 amide bonds. The van der Waals surface area contributed by atoms with Crippen LogP contribution in [0.4, 0.5) is 0 Å². The van der Waals surface area contributed by atoms with Gasteiger partial charge in [0, 0.05) is 48.9 Å². The highest BCUT2D eigenvalue weighted by atomic mass is 127. The first-order valence-electron chi connectivity index (χ1n) is 9.43. The number of nitrogens with one attached hydrogen (secondary N) is 2. The van der Waals surface area contributed by atoms with E-state index in [4.69, 9.17) is 9.47 Å². The number of benzene rings is 1. The van der Waals surface area contributed by atoms with Crippen LogP contribution in [0.5, 0.6) is 5.88 Å². The predicted octanol–water partition coefficient (Wildman–Crippen LogP) is 3.88. The lowest BCUT2D eigenvalue weighted by Crippen LogP contribution is -2.41. The number of aliphatic imine (C=N–C) groups is 1. The summed E-state index contributed by atoms with van der Waals surface area (Å²) < 4.78 is 11.8. The molecule has 0 bridgehead atoms. The molecule has 2 aromatic rings. The number of ether oxygens (including phenoxy) is 2. The fraction of sp³-hybridized carbons (Fsp3) is 0.429. The molecule has 3 rings (SSSR count). The summed E-state index contributed by atoms with van der Waals surface area (Å²) in [5, 5.41) is 6.83. The van der Waals surface area contributed by atoms with Gasteiger partial charge in [0.1, 0.15) is 6.61 Å². The molecule has 2 N–H and O–H groups in total. The SMILES string of the molecule is CN=C(NCc1cccnc1OCCOC)NCC1(c2cccc(Br)c2)CC1.I. The Labute approximate surface area is 198 Å². The van der Waals surface area contributed by atoms with Crippen LogP contribution < -0.4 is 15.4 Å². The molecule has 1 fully saturated rings. The van der Waals surface area contributed by atoms with Gasteiger partial charge in [0.25, 0.3) is 0 Å². The van der Waals surface area contributed by atoms with E-state index in [0.29, 0.717) is 25.6 Å². The van der Waals surface area contributed by atoms with Crippen LogP contribution in [0.1, 0.15) is 24.0 Å². The van der Waals surface area contributed by atoms with Gasteiger partial charge in [-0.05, 0) is 36.6 Å². The second kappa shape index (κ2) is 11.7. The first kappa shape index (κ1) is 23.9. The Hall–Kier alpha value is -1.39. The van der Waals surface area contributed by atoms with E-state index in [1.165, 1.54) is 18.4 Å². The maximum atomic E-state index is 5.70. The zero-order valence-corrected chi connectivity index (χ0v) is 20.7. The summed E-state index contributed by atoms with van der Waals surface area (Å²) in [6, 6.07) is 12.5. The van der Waals surface area contributed by atoms with E-state index in [0.717, 1.165) is 22.5 Å². The monoisotopic (exact) mass is 574 g/mol. The van der Waals surface area contributed by atoms with Gasteiger partial charge < -0.3 is 20.1 Å². The van der Waals surface area contributed by atoms with Gasteiger partial charge in [-0.2, -0.15) is 0 Å². The molecule has 1 aliphatic carbocycles. The first-order valence-corrected chi connectivity index (χ1v) is 10.2. The fourth-order valence-corrected chi connectivity index (χ4v) is 3.50. The molecular weight excluding hydrogens is 547 g/mol. The van der Waals surface area contributed by atoms with Crippen molar-refractivity contribution in [3.05, 3.63) is 58.2 Å². The maximum absolute atomic E-state index is 5.70. The lowest BCUT2D eigenvalue weighted by Gasteiger charge is -2.19. The minimum absolute atomic E-state index is 0. The van der Waals surface area contributed by atoms with Gasteiger partial charge in [0.15, 0.2) is 5.96 Å². The van der Waals surface area contributed by atoms with E-state index >= 15 is 0 Å². The summed E-state index contributed by atoms with van der Waals surface area (Å²) in [6.45, 7) is 2.44. The Morgan fingerprint density at radius 1 is 1.21 bits per heavy atom. The highest BCUT2D eigenvalue weighted by Gasteiger charge is 2.44. The summed E-state index contributed by atoms with van der Waals surface area (Å²) >= 11 is 3.57. The lowest BCUT2D eigenvalue weighted by molar-refractivity contribution is 0.143. The van der Waals surface area contributed by atoms with Crippen molar-refractivity contribution in [2.45, 2.75) is 24.8 Å². The summed E-state index contributed by atoms with van der Waals surface area (Å²) in [5.74, 6) is 1.39.